The average molecular weight is 319 g/mol. The van der Waals surface area contributed by atoms with Crippen LogP contribution in [0.1, 0.15) is 12.0 Å². The Kier molecular flexibility index (Phi) is 4.43. The van der Waals surface area contributed by atoms with E-state index in [4.69, 9.17) is 5.73 Å². The summed E-state index contributed by atoms with van der Waals surface area (Å²) in [7, 11) is -6.89. The van der Waals surface area contributed by atoms with Crippen LogP contribution in [0, 0.1) is 0 Å². The summed E-state index contributed by atoms with van der Waals surface area (Å²) < 4.78 is 49.0. The molecule has 1 aromatic rings. The molecule has 2 N–H and O–H groups in total. The summed E-state index contributed by atoms with van der Waals surface area (Å²) in [6, 6.07) is 3.01. The molecule has 2 heterocycles. The highest BCUT2D eigenvalue weighted by Gasteiger charge is 2.29. The van der Waals surface area contributed by atoms with Gasteiger partial charge in [0, 0.05) is 25.8 Å². The van der Waals surface area contributed by atoms with E-state index < -0.39 is 19.9 Å². The molecule has 1 saturated heterocycles. The van der Waals surface area contributed by atoms with Crippen molar-refractivity contribution in [1.29, 1.82) is 0 Å². The zero-order chi connectivity index (χ0) is 14.8. The Bertz CT molecular complexity index is 668. The molecule has 9 heteroatoms. The van der Waals surface area contributed by atoms with Crippen LogP contribution in [0.3, 0.4) is 0 Å². The smallest absolute Gasteiger partial charge is 0.260 e. The van der Waals surface area contributed by atoms with Crippen LogP contribution in [0.4, 0.5) is 0 Å². The molecule has 0 amide bonds. The lowest BCUT2D eigenvalue weighted by molar-refractivity contribution is 0.432. The summed E-state index contributed by atoms with van der Waals surface area (Å²) in [6.07, 6.45) is 1.73. The normalized spacial score (nSPS) is 20.4. The monoisotopic (exact) mass is 319 g/mol. The van der Waals surface area contributed by atoms with Crippen LogP contribution in [-0.4, -0.2) is 50.7 Å². The maximum absolute atomic E-state index is 12.4. The van der Waals surface area contributed by atoms with E-state index in [0.29, 0.717) is 6.42 Å². The van der Waals surface area contributed by atoms with Crippen molar-refractivity contribution in [2.45, 2.75) is 18.0 Å². The second kappa shape index (κ2) is 5.76. The SMILES string of the molecule is NCc1ccc(S(=O)(=O)N2CCCS(=O)(=O)CC2)nc1. The number of hydrogen-bond acceptors (Lipinski definition) is 6. The molecule has 0 saturated carbocycles. The topological polar surface area (TPSA) is 110 Å². The van der Waals surface area contributed by atoms with Crippen LogP contribution >= 0.6 is 0 Å². The number of nitrogens with two attached hydrogens (primary N) is 1. The summed E-state index contributed by atoms with van der Waals surface area (Å²) in [5, 5.41) is -0.0750. The van der Waals surface area contributed by atoms with Gasteiger partial charge in [-0.1, -0.05) is 6.07 Å². The van der Waals surface area contributed by atoms with Crippen molar-refractivity contribution >= 4 is 19.9 Å². The van der Waals surface area contributed by atoms with E-state index in [2.05, 4.69) is 4.98 Å². The third kappa shape index (κ3) is 3.35. The Labute approximate surface area is 118 Å². The molecule has 7 nitrogen and oxygen atoms in total. The van der Waals surface area contributed by atoms with Crippen LogP contribution < -0.4 is 5.73 Å². The van der Waals surface area contributed by atoms with Crippen LogP contribution in [-0.2, 0) is 26.4 Å². The quantitative estimate of drug-likeness (QED) is 0.792. The molecule has 0 aliphatic carbocycles. The molecule has 0 radical (unpaired) electrons. The van der Waals surface area contributed by atoms with Crippen molar-refractivity contribution in [1.82, 2.24) is 9.29 Å². The molecule has 1 aliphatic heterocycles. The van der Waals surface area contributed by atoms with Gasteiger partial charge in [0.2, 0.25) is 0 Å². The first kappa shape index (κ1) is 15.4. The molecule has 2 rings (SSSR count). The summed E-state index contributed by atoms with van der Waals surface area (Å²) >= 11 is 0. The van der Waals surface area contributed by atoms with Gasteiger partial charge in [-0.25, -0.2) is 21.8 Å². The highest BCUT2D eigenvalue weighted by atomic mass is 32.2. The van der Waals surface area contributed by atoms with Gasteiger partial charge in [-0.3, -0.25) is 0 Å². The van der Waals surface area contributed by atoms with Crippen LogP contribution in [0.15, 0.2) is 23.4 Å². The van der Waals surface area contributed by atoms with Gasteiger partial charge in [0.15, 0.2) is 14.9 Å². The largest absolute Gasteiger partial charge is 0.326 e. The van der Waals surface area contributed by atoms with E-state index in [9.17, 15) is 16.8 Å². The minimum Gasteiger partial charge on any atom is -0.326 e. The molecule has 112 valence electrons. The van der Waals surface area contributed by atoms with Gasteiger partial charge >= 0.3 is 0 Å². The molecule has 0 spiro atoms. The lowest BCUT2D eigenvalue weighted by Gasteiger charge is -2.18. The summed E-state index contributed by atoms with van der Waals surface area (Å²) in [6.45, 7) is 0.460. The Morgan fingerprint density at radius 1 is 1.25 bits per heavy atom. The van der Waals surface area contributed by atoms with Crippen LogP contribution in [0.2, 0.25) is 0 Å². The number of sulfone groups is 1. The van der Waals surface area contributed by atoms with Crippen molar-refractivity contribution in [3.8, 4) is 0 Å². The molecule has 1 fully saturated rings. The van der Waals surface area contributed by atoms with Gasteiger partial charge in [-0.15, -0.1) is 0 Å². The number of pyridine rings is 1. The van der Waals surface area contributed by atoms with Gasteiger partial charge in [0.1, 0.15) is 0 Å². The minimum absolute atomic E-state index is 0.0228. The lowest BCUT2D eigenvalue weighted by atomic mass is 10.3. The van der Waals surface area contributed by atoms with Gasteiger partial charge in [0.05, 0.1) is 11.5 Å². The van der Waals surface area contributed by atoms with Gasteiger partial charge < -0.3 is 5.73 Å². The minimum atomic E-state index is -3.74. The van der Waals surface area contributed by atoms with E-state index in [-0.39, 0.29) is 36.2 Å². The predicted octanol–water partition coefficient (Wildman–Crippen LogP) is -0.650. The first-order chi connectivity index (χ1) is 9.35. The first-order valence-electron chi connectivity index (χ1n) is 6.21. The van der Waals surface area contributed by atoms with Crippen molar-refractivity contribution in [2.75, 3.05) is 24.6 Å². The van der Waals surface area contributed by atoms with E-state index in [1.54, 1.807) is 6.07 Å². The third-order valence-corrected chi connectivity index (χ3v) is 6.68. The molecular weight excluding hydrogens is 302 g/mol. The second-order valence-corrected chi connectivity index (χ2v) is 8.81. The Balaban J connectivity index is 2.25. The van der Waals surface area contributed by atoms with Crippen molar-refractivity contribution < 1.29 is 16.8 Å². The molecule has 1 aliphatic rings. The number of nitrogens with zero attached hydrogens (tertiary/aromatic N) is 2. The van der Waals surface area contributed by atoms with Crippen molar-refractivity contribution in [2.24, 2.45) is 5.73 Å². The predicted molar refractivity (Wildman–Crippen MR) is 74.2 cm³/mol. The number of aromatic nitrogens is 1. The van der Waals surface area contributed by atoms with E-state index in [1.807, 2.05) is 0 Å². The van der Waals surface area contributed by atoms with E-state index >= 15 is 0 Å². The highest BCUT2D eigenvalue weighted by Crippen LogP contribution is 2.16. The maximum atomic E-state index is 12.4. The van der Waals surface area contributed by atoms with Gasteiger partial charge in [-0.05, 0) is 18.1 Å². The summed E-state index contributed by atoms with van der Waals surface area (Å²) in [5.41, 5.74) is 6.17. The zero-order valence-electron chi connectivity index (χ0n) is 10.9. The Morgan fingerprint density at radius 3 is 2.60 bits per heavy atom. The zero-order valence-corrected chi connectivity index (χ0v) is 12.5. The maximum Gasteiger partial charge on any atom is 0.260 e. The van der Waals surface area contributed by atoms with Crippen molar-refractivity contribution in [3.63, 3.8) is 0 Å². The second-order valence-electron chi connectivity index (χ2n) is 4.62. The highest BCUT2D eigenvalue weighted by molar-refractivity contribution is 7.91. The first-order valence-corrected chi connectivity index (χ1v) is 9.47. The van der Waals surface area contributed by atoms with Crippen LogP contribution in [0.25, 0.3) is 0 Å². The molecule has 0 atom stereocenters. The number of rotatable bonds is 3. The fourth-order valence-electron chi connectivity index (χ4n) is 1.97. The van der Waals surface area contributed by atoms with Crippen molar-refractivity contribution in [3.05, 3.63) is 23.9 Å². The molecule has 0 unspecified atom stereocenters. The van der Waals surface area contributed by atoms with Gasteiger partial charge in [-0.2, -0.15) is 4.31 Å². The van der Waals surface area contributed by atoms with Gasteiger partial charge in [0.25, 0.3) is 10.0 Å². The number of hydrogen-bond donors (Lipinski definition) is 1. The molecule has 20 heavy (non-hydrogen) atoms. The fourth-order valence-corrected chi connectivity index (χ4v) is 4.75. The lowest BCUT2D eigenvalue weighted by Crippen LogP contribution is -2.34. The molecule has 0 bridgehead atoms. The fraction of sp³-hybridized carbons (Fsp3) is 0.545. The van der Waals surface area contributed by atoms with E-state index in [1.165, 1.54) is 16.6 Å². The molecular formula is C11H17N3O4S2. The van der Waals surface area contributed by atoms with Crippen LogP contribution in [0.5, 0.6) is 0 Å². The molecule has 0 aromatic carbocycles. The number of sulfonamides is 1. The Hall–Kier alpha value is -1.03. The van der Waals surface area contributed by atoms with E-state index in [0.717, 1.165) is 5.56 Å². The third-order valence-electron chi connectivity index (χ3n) is 3.15. The molecule has 1 aromatic heterocycles. The average Bonchev–Trinajstić information content (AvgIpc) is 2.60. The summed E-state index contributed by atoms with van der Waals surface area (Å²) in [5.74, 6) is -0.119. The summed E-state index contributed by atoms with van der Waals surface area (Å²) in [4.78, 5) is 3.90. The standard InChI is InChI=1S/C11H17N3O4S2/c12-8-10-2-3-11(13-9-10)20(17,18)14-4-1-6-19(15,16)7-5-14/h2-3,9H,1,4-8,12H2. The Morgan fingerprint density at radius 2 is 2.00 bits per heavy atom.